The van der Waals surface area contributed by atoms with Crippen LogP contribution >= 0.6 is 11.8 Å². The van der Waals surface area contributed by atoms with E-state index in [0.29, 0.717) is 0 Å². The number of alkyl halides is 6. The first-order valence-electron chi connectivity index (χ1n) is 4.67. The molecule has 102 valence electrons. The largest absolute Gasteiger partial charge is 0.441 e. The third-order valence-corrected chi connectivity index (χ3v) is 2.51. The second-order valence-corrected chi connectivity index (χ2v) is 4.28. The van der Waals surface area contributed by atoms with Crippen LogP contribution in [0.1, 0.15) is 5.56 Å². The quantitative estimate of drug-likeness (QED) is 0.675. The highest BCUT2D eigenvalue weighted by molar-refractivity contribution is 8.00. The van der Waals surface area contributed by atoms with Crippen LogP contribution in [0.25, 0.3) is 0 Å². The molecule has 1 aromatic rings. The van der Waals surface area contributed by atoms with Crippen molar-refractivity contribution in [2.45, 2.75) is 11.7 Å². The van der Waals surface area contributed by atoms with Crippen LogP contribution in [0.4, 0.5) is 32.2 Å². The summed E-state index contributed by atoms with van der Waals surface area (Å²) < 4.78 is 72.8. The monoisotopic (exact) mass is 290 g/mol. The van der Waals surface area contributed by atoms with Crippen molar-refractivity contribution in [2.75, 3.05) is 17.6 Å². The van der Waals surface area contributed by atoms with Crippen LogP contribution in [0.15, 0.2) is 18.3 Å². The average Bonchev–Trinajstić information content (AvgIpc) is 2.22. The van der Waals surface area contributed by atoms with Gasteiger partial charge in [-0.15, -0.1) is 0 Å². The van der Waals surface area contributed by atoms with Gasteiger partial charge in [-0.1, -0.05) is 0 Å². The number of nitrogens with one attached hydrogen (secondary N) is 1. The predicted octanol–water partition coefficient (Wildman–Crippen LogP) is 3.77. The van der Waals surface area contributed by atoms with E-state index in [1.807, 2.05) is 0 Å². The van der Waals surface area contributed by atoms with Crippen molar-refractivity contribution in [1.29, 1.82) is 0 Å². The lowest BCUT2D eigenvalue weighted by Gasteiger charge is -2.13. The van der Waals surface area contributed by atoms with Gasteiger partial charge >= 0.3 is 11.7 Å². The Morgan fingerprint density at radius 1 is 1.17 bits per heavy atom. The number of halogens is 6. The first-order valence-corrected chi connectivity index (χ1v) is 5.65. The second-order valence-electron chi connectivity index (χ2n) is 3.12. The molecule has 0 aliphatic rings. The summed E-state index contributed by atoms with van der Waals surface area (Å²) in [5.74, 6) is -0.857. The lowest BCUT2D eigenvalue weighted by Crippen LogP contribution is -2.15. The van der Waals surface area contributed by atoms with Crippen molar-refractivity contribution in [2.24, 2.45) is 0 Å². The van der Waals surface area contributed by atoms with E-state index < -0.39 is 28.8 Å². The molecule has 0 atom stereocenters. The summed E-state index contributed by atoms with van der Waals surface area (Å²) in [7, 11) is 0. The molecule has 0 amide bonds. The van der Waals surface area contributed by atoms with Gasteiger partial charge in [-0.25, -0.2) is 4.98 Å². The molecular weight excluding hydrogens is 282 g/mol. The maximum absolute atomic E-state index is 12.5. The van der Waals surface area contributed by atoms with Gasteiger partial charge in [-0.2, -0.15) is 26.3 Å². The van der Waals surface area contributed by atoms with Gasteiger partial charge in [-0.3, -0.25) is 0 Å². The Kier molecular flexibility index (Phi) is 4.71. The number of thioether (sulfide) groups is 1. The van der Waals surface area contributed by atoms with Crippen LogP contribution in [0.5, 0.6) is 0 Å². The van der Waals surface area contributed by atoms with Crippen molar-refractivity contribution in [3.8, 4) is 0 Å². The van der Waals surface area contributed by atoms with Gasteiger partial charge in [0, 0.05) is 18.5 Å². The molecule has 0 radical (unpaired) electrons. The van der Waals surface area contributed by atoms with E-state index in [0.717, 1.165) is 18.3 Å². The third kappa shape index (κ3) is 5.03. The Hall–Kier alpha value is -1.12. The number of hydrogen-bond donors (Lipinski definition) is 1. The van der Waals surface area contributed by atoms with Crippen LogP contribution in [0.3, 0.4) is 0 Å². The van der Waals surface area contributed by atoms with Gasteiger partial charge in [0.05, 0.1) is 5.56 Å². The highest BCUT2D eigenvalue weighted by Gasteiger charge is 2.34. The molecule has 1 N–H and O–H groups in total. The van der Waals surface area contributed by atoms with Crippen molar-refractivity contribution < 1.29 is 26.3 Å². The number of pyridine rings is 1. The summed E-state index contributed by atoms with van der Waals surface area (Å²) in [5, 5.41) is 2.24. The number of anilines is 1. The molecular formula is C9H8F6N2S. The summed E-state index contributed by atoms with van der Waals surface area (Å²) in [6.45, 7) is -0.260. The normalized spacial score (nSPS) is 12.6. The van der Waals surface area contributed by atoms with Gasteiger partial charge in [0.1, 0.15) is 5.82 Å². The lowest BCUT2D eigenvalue weighted by atomic mass is 10.2. The molecule has 1 heterocycles. The highest BCUT2D eigenvalue weighted by Crippen LogP contribution is 2.33. The van der Waals surface area contributed by atoms with Crippen LogP contribution in [0.2, 0.25) is 0 Å². The molecule has 18 heavy (non-hydrogen) atoms. The molecule has 0 spiro atoms. The number of rotatable bonds is 4. The molecule has 0 saturated heterocycles. The predicted molar refractivity (Wildman–Crippen MR) is 56.2 cm³/mol. The molecule has 0 aliphatic heterocycles. The molecule has 1 aromatic heterocycles. The van der Waals surface area contributed by atoms with E-state index in [-0.39, 0.29) is 18.3 Å². The minimum atomic E-state index is -4.59. The standard InChI is InChI=1S/C9H8F6N2S/c10-8(11,12)6-2-1-3-16-7(6)17-4-5-18-9(13,14)15/h1-3H,4-5H2,(H,16,17). The Morgan fingerprint density at radius 3 is 2.39 bits per heavy atom. The highest BCUT2D eigenvalue weighted by atomic mass is 32.2. The second kappa shape index (κ2) is 5.68. The third-order valence-electron chi connectivity index (χ3n) is 1.77. The topological polar surface area (TPSA) is 24.9 Å². The molecule has 0 aromatic carbocycles. The Balaban J connectivity index is 2.58. The maximum Gasteiger partial charge on any atom is 0.441 e. The van der Waals surface area contributed by atoms with E-state index in [4.69, 9.17) is 0 Å². The van der Waals surface area contributed by atoms with E-state index in [1.54, 1.807) is 0 Å². The zero-order chi connectivity index (χ0) is 13.8. The van der Waals surface area contributed by atoms with Crippen LogP contribution in [-0.2, 0) is 6.18 Å². The summed E-state index contributed by atoms with van der Waals surface area (Å²) in [5.41, 5.74) is -5.39. The van der Waals surface area contributed by atoms with Crippen molar-refractivity contribution in [3.05, 3.63) is 23.9 Å². The summed E-state index contributed by atoms with van der Waals surface area (Å²) in [6.07, 6.45) is -3.46. The molecule has 0 bridgehead atoms. The minimum absolute atomic E-state index is 0.260. The zero-order valence-corrected chi connectivity index (χ0v) is 9.59. The Morgan fingerprint density at radius 2 is 1.83 bits per heavy atom. The first-order chi connectivity index (χ1) is 8.20. The van der Waals surface area contributed by atoms with Gasteiger partial charge < -0.3 is 5.32 Å². The lowest BCUT2D eigenvalue weighted by molar-refractivity contribution is -0.137. The molecule has 0 unspecified atom stereocenters. The van der Waals surface area contributed by atoms with Gasteiger partial charge in [0.15, 0.2) is 0 Å². The van der Waals surface area contributed by atoms with E-state index in [1.165, 1.54) is 0 Å². The van der Waals surface area contributed by atoms with Crippen molar-refractivity contribution >= 4 is 17.6 Å². The molecule has 2 nitrogen and oxygen atoms in total. The van der Waals surface area contributed by atoms with Gasteiger partial charge in [0.2, 0.25) is 0 Å². The molecule has 0 fully saturated rings. The summed E-state index contributed by atoms with van der Waals surface area (Å²) >= 11 is -0.305. The summed E-state index contributed by atoms with van der Waals surface area (Å²) in [6, 6.07) is 1.92. The fraction of sp³-hybridized carbons (Fsp3) is 0.444. The van der Waals surface area contributed by atoms with Crippen LogP contribution < -0.4 is 5.32 Å². The molecule has 1 rings (SSSR count). The smallest absolute Gasteiger partial charge is 0.369 e. The molecule has 0 aliphatic carbocycles. The Labute approximate surface area is 103 Å². The minimum Gasteiger partial charge on any atom is -0.369 e. The SMILES string of the molecule is FC(F)(F)SCCNc1ncccc1C(F)(F)F. The maximum atomic E-state index is 12.5. The molecule has 9 heteroatoms. The zero-order valence-electron chi connectivity index (χ0n) is 8.77. The fourth-order valence-electron chi connectivity index (χ4n) is 1.11. The van der Waals surface area contributed by atoms with Gasteiger partial charge in [-0.05, 0) is 23.9 Å². The first kappa shape index (κ1) is 14.9. The van der Waals surface area contributed by atoms with E-state index in [9.17, 15) is 26.3 Å². The summed E-state index contributed by atoms with van der Waals surface area (Å²) in [4.78, 5) is 3.46. The van der Waals surface area contributed by atoms with Gasteiger partial charge in [0.25, 0.3) is 0 Å². The van der Waals surface area contributed by atoms with E-state index >= 15 is 0 Å². The average molecular weight is 290 g/mol. The molecule has 0 saturated carbocycles. The number of nitrogens with zero attached hydrogens (tertiary/aromatic N) is 1. The van der Waals surface area contributed by atoms with E-state index in [2.05, 4.69) is 10.3 Å². The van der Waals surface area contributed by atoms with Crippen molar-refractivity contribution in [3.63, 3.8) is 0 Å². The fourth-order valence-corrected chi connectivity index (χ4v) is 1.55. The number of aromatic nitrogens is 1. The van der Waals surface area contributed by atoms with Crippen LogP contribution in [-0.4, -0.2) is 22.8 Å². The van der Waals surface area contributed by atoms with Crippen LogP contribution in [0, 0.1) is 0 Å². The van der Waals surface area contributed by atoms with Crippen molar-refractivity contribution in [1.82, 2.24) is 4.98 Å². The number of hydrogen-bond acceptors (Lipinski definition) is 3. The Bertz CT molecular complexity index is 389.